The van der Waals surface area contributed by atoms with E-state index in [1.165, 1.54) is 11.3 Å². The Morgan fingerprint density at radius 3 is 2.67 bits per heavy atom. The minimum absolute atomic E-state index is 0.309. The van der Waals surface area contributed by atoms with E-state index in [0.717, 1.165) is 11.4 Å². The van der Waals surface area contributed by atoms with Gasteiger partial charge in [-0.2, -0.15) is 0 Å². The summed E-state index contributed by atoms with van der Waals surface area (Å²) in [7, 11) is 0. The highest BCUT2D eigenvalue weighted by atomic mass is 32.1. The molecule has 0 radical (unpaired) electrons. The van der Waals surface area contributed by atoms with E-state index in [9.17, 15) is 4.79 Å². The highest BCUT2D eigenvalue weighted by Gasteiger charge is 2.11. The van der Waals surface area contributed by atoms with Crippen LogP contribution in [0.4, 0.5) is 11.4 Å². The molecule has 94 valence electrons. The second-order valence-corrected chi connectivity index (χ2v) is 4.47. The van der Waals surface area contributed by atoms with Crippen molar-refractivity contribution >= 4 is 28.7 Å². The molecule has 0 aliphatic carbocycles. The van der Waals surface area contributed by atoms with Crippen molar-refractivity contribution in [2.75, 3.05) is 11.9 Å². The molecule has 5 heteroatoms. The van der Waals surface area contributed by atoms with E-state index in [1.807, 2.05) is 31.2 Å². The van der Waals surface area contributed by atoms with Crippen molar-refractivity contribution in [1.82, 2.24) is 0 Å². The lowest BCUT2D eigenvalue weighted by atomic mass is 10.3. The largest absolute Gasteiger partial charge is 0.494 e. The van der Waals surface area contributed by atoms with Crippen molar-refractivity contribution < 1.29 is 14.6 Å². The number of hydrogen-bond acceptors (Lipinski definition) is 4. The van der Waals surface area contributed by atoms with Crippen molar-refractivity contribution in [2.45, 2.75) is 6.92 Å². The van der Waals surface area contributed by atoms with Crippen molar-refractivity contribution in [3.05, 3.63) is 40.6 Å². The number of carbonyl (C=O) groups is 1. The highest BCUT2D eigenvalue weighted by Crippen LogP contribution is 2.26. The summed E-state index contributed by atoms with van der Waals surface area (Å²) in [5.41, 5.74) is 1.44. The SMILES string of the molecule is CCOc1ccc(Nc2ccsc2C(=O)O)cc1. The number of carboxylic acid groups (broad SMARTS) is 1. The van der Waals surface area contributed by atoms with E-state index in [2.05, 4.69) is 5.32 Å². The maximum absolute atomic E-state index is 11.0. The minimum atomic E-state index is -0.918. The first-order valence-corrected chi connectivity index (χ1v) is 6.39. The molecular formula is C13H13NO3S. The van der Waals surface area contributed by atoms with Gasteiger partial charge in [-0.05, 0) is 42.6 Å². The fraction of sp³-hybridized carbons (Fsp3) is 0.154. The molecule has 2 rings (SSSR count). The summed E-state index contributed by atoms with van der Waals surface area (Å²) in [4.78, 5) is 11.3. The molecule has 0 fully saturated rings. The van der Waals surface area contributed by atoms with E-state index < -0.39 is 5.97 Å². The van der Waals surface area contributed by atoms with Gasteiger partial charge in [0.15, 0.2) is 0 Å². The Kier molecular flexibility index (Phi) is 3.84. The number of rotatable bonds is 5. The van der Waals surface area contributed by atoms with Crippen molar-refractivity contribution in [3.63, 3.8) is 0 Å². The standard InChI is InChI=1S/C13H13NO3S/c1-2-17-10-5-3-9(4-6-10)14-11-7-8-18-12(11)13(15)16/h3-8,14H,2H2,1H3,(H,15,16). The lowest BCUT2D eigenvalue weighted by Crippen LogP contribution is -1.98. The molecule has 1 heterocycles. The van der Waals surface area contributed by atoms with E-state index in [-0.39, 0.29) is 0 Å². The van der Waals surface area contributed by atoms with E-state index in [0.29, 0.717) is 17.2 Å². The first-order valence-electron chi connectivity index (χ1n) is 5.51. The van der Waals surface area contributed by atoms with E-state index >= 15 is 0 Å². The van der Waals surface area contributed by atoms with Gasteiger partial charge in [-0.3, -0.25) is 0 Å². The van der Waals surface area contributed by atoms with Crippen molar-refractivity contribution in [2.24, 2.45) is 0 Å². The van der Waals surface area contributed by atoms with Crippen LogP contribution in [0.2, 0.25) is 0 Å². The van der Waals surface area contributed by atoms with Gasteiger partial charge in [0.05, 0.1) is 12.3 Å². The van der Waals surface area contributed by atoms with Crippen LogP contribution in [0.5, 0.6) is 5.75 Å². The molecule has 1 aromatic heterocycles. The molecule has 0 saturated heterocycles. The second-order valence-electron chi connectivity index (χ2n) is 3.55. The third kappa shape index (κ3) is 2.81. The van der Waals surface area contributed by atoms with Crippen LogP contribution >= 0.6 is 11.3 Å². The summed E-state index contributed by atoms with van der Waals surface area (Å²) in [6.45, 7) is 2.55. The van der Waals surface area contributed by atoms with Crippen molar-refractivity contribution in [1.29, 1.82) is 0 Å². The number of thiophene rings is 1. The summed E-state index contributed by atoms with van der Waals surface area (Å²) >= 11 is 1.20. The summed E-state index contributed by atoms with van der Waals surface area (Å²) in [6.07, 6.45) is 0. The van der Waals surface area contributed by atoms with E-state index in [1.54, 1.807) is 11.4 Å². The number of nitrogens with one attached hydrogen (secondary N) is 1. The average molecular weight is 263 g/mol. The van der Waals surface area contributed by atoms with Crippen LogP contribution in [-0.2, 0) is 0 Å². The minimum Gasteiger partial charge on any atom is -0.494 e. The van der Waals surface area contributed by atoms with Gasteiger partial charge in [-0.15, -0.1) is 11.3 Å². The summed E-state index contributed by atoms with van der Waals surface area (Å²) in [5.74, 6) is -0.120. The van der Waals surface area contributed by atoms with Gasteiger partial charge >= 0.3 is 5.97 Å². The third-order valence-electron chi connectivity index (χ3n) is 2.30. The smallest absolute Gasteiger partial charge is 0.348 e. The zero-order valence-corrected chi connectivity index (χ0v) is 10.7. The molecule has 0 spiro atoms. The number of ether oxygens (including phenoxy) is 1. The molecule has 0 bridgehead atoms. The molecule has 0 aliphatic heterocycles. The van der Waals surface area contributed by atoms with Gasteiger partial charge in [0, 0.05) is 5.69 Å². The molecule has 0 unspecified atom stereocenters. The lowest BCUT2D eigenvalue weighted by Gasteiger charge is -2.07. The van der Waals surface area contributed by atoms with Gasteiger partial charge in [0.25, 0.3) is 0 Å². The van der Waals surface area contributed by atoms with Gasteiger partial charge < -0.3 is 15.2 Å². The third-order valence-corrected chi connectivity index (χ3v) is 3.21. The Bertz CT molecular complexity index is 533. The van der Waals surface area contributed by atoms with Gasteiger partial charge in [0.1, 0.15) is 10.6 Å². The topological polar surface area (TPSA) is 58.6 Å². The van der Waals surface area contributed by atoms with Crippen LogP contribution in [0.15, 0.2) is 35.7 Å². The van der Waals surface area contributed by atoms with Gasteiger partial charge in [-0.25, -0.2) is 4.79 Å². The molecule has 2 N–H and O–H groups in total. The molecule has 18 heavy (non-hydrogen) atoms. The maximum Gasteiger partial charge on any atom is 0.348 e. The van der Waals surface area contributed by atoms with Crippen LogP contribution in [0.1, 0.15) is 16.6 Å². The predicted octanol–water partition coefficient (Wildman–Crippen LogP) is 3.59. The van der Waals surface area contributed by atoms with Crippen LogP contribution in [0.25, 0.3) is 0 Å². The molecule has 2 aromatic rings. The summed E-state index contributed by atoms with van der Waals surface area (Å²) in [6, 6.07) is 9.16. The zero-order valence-electron chi connectivity index (χ0n) is 9.84. The van der Waals surface area contributed by atoms with Crippen LogP contribution in [0, 0.1) is 0 Å². The summed E-state index contributed by atoms with van der Waals surface area (Å²) < 4.78 is 5.34. The predicted molar refractivity (Wildman–Crippen MR) is 72.2 cm³/mol. The first kappa shape index (κ1) is 12.4. The Labute approximate surface area is 109 Å². The first-order chi connectivity index (χ1) is 8.70. The Hall–Kier alpha value is -2.01. The lowest BCUT2D eigenvalue weighted by molar-refractivity contribution is 0.0703. The fourth-order valence-electron chi connectivity index (χ4n) is 1.53. The number of aromatic carboxylic acids is 1. The number of hydrogen-bond donors (Lipinski definition) is 2. The van der Waals surface area contributed by atoms with Crippen LogP contribution < -0.4 is 10.1 Å². The van der Waals surface area contributed by atoms with Crippen LogP contribution in [0.3, 0.4) is 0 Å². The average Bonchev–Trinajstić information content (AvgIpc) is 2.80. The Morgan fingerprint density at radius 1 is 1.33 bits per heavy atom. The van der Waals surface area contributed by atoms with Gasteiger partial charge in [-0.1, -0.05) is 0 Å². The quantitative estimate of drug-likeness (QED) is 0.865. The monoisotopic (exact) mass is 263 g/mol. The molecule has 0 saturated carbocycles. The zero-order chi connectivity index (χ0) is 13.0. The summed E-state index contributed by atoms with van der Waals surface area (Å²) in [5, 5.41) is 13.8. The number of anilines is 2. The molecule has 1 aromatic carbocycles. The number of benzene rings is 1. The fourth-order valence-corrected chi connectivity index (χ4v) is 2.22. The van der Waals surface area contributed by atoms with Crippen molar-refractivity contribution in [3.8, 4) is 5.75 Å². The van der Waals surface area contributed by atoms with Gasteiger partial charge in [0.2, 0.25) is 0 Å². The molecule has 0 amide bonds. The molecular weight excluding hydrogens is 250 g/mol. The second kappa shape index (κ2) is 5.55. The Balaban J connectivity index is 2.13. The molecule has 4 nitrogen and oxygen atoms in total. The van der Waals surface area contributed by atoms with Crippen LogP contribution in [-0.4, -0.2) is 17.7 Å². The molecule has 0 atom stereocenters. The highest BCUT2D eigenvalue weighted by molar-refractivity contribution is 7.12. The maximum atomic E-state index is 11.0. The Morgan fingerprint density at radius 2 is 2.06 bits per heavy atom. The molecule has 0 aliphatic rings. The normalized spacial score (nSPS) is 10.1. The van der Waals surface area contributed by atoms with E-state index in [4.69, 9.17) is 9.84 Å². The number of carboxylic acids is 1.